The summed E-state index contributed by atoms with van der Waals surface area (Å²) in [7, 11) is 0. The van der Waals surface area contributed by atoms with Crippen LogP contribution in [0.25, 0.3) is 0 Å². The van der Waals surface area contributed by atoms with E-state index in [1.54, 1.807) is 19.1 Å². The molecule has 7 heteroatoms. The second-order valence-electron chi connectivity index (χ2n) is 6.92. The van der Waals surface area contributed by atoms with Crippen molar-refractivity contribution in [3.05, 3.63) is 33.9 Å². The molecule has 1 heterocycles. The van der Waals surface area contributed by atoms with Crippen molar-refractivity contribution >= 4 is 17.3 Å². The van der Waals surface area contributed by atoms with Crippen LogP contribution in [-0.2, 0) is 0 Å². The first-order valence-corrected chi connectivity index (χ1v) is 8.36. The van der Waals surface area contributed by atoms with E-state index in [0.29, 0.717) is 24.1 Å². The maximum absolute atomic E-state index is 12.2. The van der Waals surface area contributed by atoms with Crippen LogP contribution in [0.5, 0.6) is 0 Å². The van der Waals surface area contributed by atoms with Gasteiger partial charge in [0, 0.05) is 37.3 Å². The van der Waals surface area contributed by atoms with Crippen molar-refractivity contribution < 1.29 is 9.72 Å². The van der Waals surface area contributed by atoms with Crippen molar-refractivity contribution in [1.29, 1.82) is 0 Å². The molecule has 0 radical (unpaired) electrons. The fourth-order valence-electron chi connectivity index (χ4n) is 3.30. The number of amides is 1. The van der Waals surface area contributed by atoms with Crippen molar-refractivity contribution in [1.82, 2.24) is 5.32 Å². The second kappa shape index (κ2) is 7.61. The van der Waals surface area contributed by atoms with Gasteiger partial charge < -0.3 is 16.0 Å². The highest BCUT2D eigenvalue weighted by atomic mass is 16.6. The monoisotopic (exact) mass is 334 g/mol. The molecule has 2 unspecified atom stereocenters. The first-order chi connectivity index (χ1) is 11.3. The summed E-state index contributed by atoms with van der Waals surface area (Å²) < 4.78 is 0. The lowest BCUT2D eigenvalue weighted by Gasteiger charge is -2.36. The summed E-state index contributed by atoms with van der Waals surface area (Å²) in [5.41, 5.74) is 6.34. The maximum Gasteiger partial charge on any atom is 0.293 e. The first kappa shape index (κ1) is 18.2. The van der Waals surface area contributed by atoms with Gasteiger partial charge in [-0.25, -0.2) is 0 Å². The third-order valence-electron chi connectivity index (χ3n) is 4.37. The molecule has 0 aromatic heterocycles. The zero-order chi connectivity index (χ0) is 17.9. The van der Waals surface area contributed by atoms with Gasteiger partial charge in [0.2, 0.25) is 0 Å². The molecular weight excluding hydrogens is 308 g/mol. The molecule has 0 saturated carbocycles. The van der Waals surface area contributed by atoms with E-state index in [4.69, 9.17) is 5.73 Å². The Bertz CT molecular complexity index is 610. The number of nitrogens with two attached hydrogens (primary N) is 1. The highest BCUT2D eigenvalue weighted by molar-refractivity contribution is 5.96. The van der Waals surface area contributed by atoms with E-state index in [-0.39, 0.29) is 23.2 Å². The number of anilines is 1. The average Bonchev–Trinajstić information content (AvgIpc) is 2.53. The maximum atomic E-state index is 12.2. The first-order valence-electron chi connectivity index (χ1n) is 8.36. The van der Waals surface area contributed by atoms with Gasteiger partial charge in [0.25, 0.3) is 11.6 Å². The van der Waals surface area contributed by atoms with E-state index >= 15 is 0 Å². The summed E-state index contributed by atoms with van der Waals surface area (Å²) in [5.74, 6) is 0.631. The van der Waals surface area contributed by atoms with Crippen molar-refractivity contribution in [3.63, 3.8) is 0 Å². The molecule has 1 saturated heterocycles. The lowest BCUT2D eigenvalue weighted by molar-refractivity contribution is -0.384. The third-order valence-corrected chi connectivity index (χ3v) is 4.37. The highest BCUT2D eigenvalue weighted by Gasteiger charge is 2.27. The predicted octanol–water partition coefficient (Wildman–Crippen LogP) is 2.15. The summed E-state index contributed by atoms with van der Waals surface area (Å²) in [6.45, 7) is 8.00. The molecule has 1 aromatic rings. The molecule has 132 valence electrons. The number of piperidine rings is 1. The molecule has 1 aliphatic rings. The summed E-state index contributed by atoms with van der Waals surface area (Å²) in [6.07, 6.45) is 1.13. The topological polar surface area (TPSA) is 102 Å². The van der Waals surface area contributed by atoms with Gasteiger partial charge in [-0.05, 0) is 37.3 Å². The third kappa shape index (κ3) is 4.23. The van der Waals surface area contributed by atoms with Gasteiger partial charge in [-0.2, -0.15) is 0 Å². The molecule has 24 heavy (non-hydrogen) atoms. The largest absolute Gasteiger partial charge is 0.365 e. The molecule has 2 rings (SSSR count). The minimum absolute atomic E-state index is 0.0237. The molecule has 0 spiro atoms. The molecular formula is C17H26N4O3. The molecule has 0 aliphatic carbocycles. The number of benzene rings is 1. The van der Waals surface area contributed by atoms with Gasteiger partial charge in [-0.3, -0.25) is 14.9 Å². The minimum atomic E-state index is -0.414. The Kier molecular flexibility index (Phi) is 5.77. The fourth-order valence-corrected chi connectivity index (χ4v) is 3.30. The molecule has 1 aliphatic heterocycles. The molecule has 0 bridgehead atoms. The van der Waals surface area contributed by atoms with Crippen molar-refractivity contribution in [3.8, 4) is 0 Å². The van der Waals surface area contributed by atoms with E-state index in [1.807, 2.05) is 0 Å². The van der Waals surface area contributed by atoms with Crippen LogP contribution in [-0.4, -0.2) is 36.5 Å². The van der Waals surface area contributed by atoms with Gasteiger partial charge in [-0.1, -0.05) is 13.8 Å². The van der Waals surface area contributed by atoms with E-state index in [0.717, 1.165) is 19.5 Å². The zero-order valence-electron chi connectivity index (χ0n) is 14.5. The van der Waals surface area contributed by atoms with Crippen LogP contribution in [0.15, 0.2) is 18.2 Å². The number of hydrogen-bond acceptors (Lipinski definition) is 5. The summed E-state index contributed by atoms with van der Waals surface area (Å²) >= 11 is 0. The zero-order valence-corrected chi connectivity index (χ0v) is 14.5. The molecule has 3 N–H and O–H groups in total. The van der Waals surface area contributed by atoms with E-state index in [9.17, 15) is 14.9 Å². The van der Waals surface area contributed by atoms with Gasteiger partial charge in [-0.15, -0.1) is 0 Å². The van der Waals surface area contributed by atoms with Gasteiger partial charge in [0.05, 0.1) is 4.92 Å². The molecule has 1 amide bonds. The van der Waals surface area contributed by atoms with E-state index in [2.05, 4.69) is 24.1 Å². The normalized spacial score (nSPS) is 22.1. The Balaban J connectivity index is 2.30. The van der Waals surface area contributed by atoms with Gasteiger partial charge in [0.1, 0.15) is 5.69 Å². The minimum Gasteiger partial charge on any atom is -0.365 e. The Labute approximate surface area is 142 Å². The number of nitrogens with one attached hydrogen (secondary N) is 1. The summed E-state index contributed by atoms with van der Waals surface area (Å²) in [4.78, 5) is 25.3. The fraction of sp³-hybridized carbons (Fsp3) is 0.588. The second-order valence-corrected chi connectivity index (χ2v) is 6.92. The van der Waals surface area contributed by atoms with Crippen molar-refractivity contribution in [2.45, 2.75) is 33.2 Å². The lowest BCUT2D eigenvalue weighted by atomic mass is 9.91. The molecule has 3 atom stereocenters. The molecule has 1 aromatic carbocycles. The number of carbonyl (C=O) groups is 1. The Morgan fingerprint density at radius 1 is 1.42 bits per heavy atom. The number of nitro benzene ring substituents is 1. The molecule has 1 fully saturated rings. The van der Waals surface area contributed by atoms with Crippen LogP contribution in [0.2, 0.25) is 0 Å². The summed E-state index contributed by atoms with van der Waals surface area (Å²) in [5, 5.41) is 14.2. The highest BCUT2D eigenvalue weighted by Crippen LogP contribution is 2.33. The number of nitro groups is 1. The van der Waals surface area contributed by atoms with Crippen molar-refractivity contribution in [2.24, 2.45) is 17.6 Å². The van der Waals surface area contributed by atoms with Crippen LogP contribution in [0.4, 0.5) is 11.4 Å². The Morgan fingerprint density at radius 3 is 2.58 bits per heavy atom. The number of hydrogen-bond donors (Lipinski definition) is 2. The number of rotatable bonds is 5. The number of nitrogens with zero attached hydrogens (tertiary/aromatic N) is 2. The van der Waals surface area contributed by atoms with Crippen LogP contribution >= 0.6 is 0 Å². The van der Waals surface area contributed by atoms with Crippen LogP contribution in [0.3, 0.4) is 0 Å². The smallest absolute Gasteiger partial charge is 0.293 e. The van der Waals surface area contributed by atoms with Gasteiger partial charge >= 0.3 is 0 Å². The van der Waals surface area contributed by atoms with Crippen LogP contribution in [0, 0.1) is 22.0 Å². The number of carbonyl (C=O) groups excluding carboxylic acids is 1. The van der Waals surface area contributed by atoms with E-state index in [1.165, 1.54) is 6.07 Å². The predicted molar refractivity (Wildman–Crippen MR) is 94.2 cm³/mol. The Morgan fingerprint density at radius 2 is 2.04 bits per heavy atom. The van der Waals surface area contributed by atoms with Crippen molar-refractivity contribution in [2.75, 3.05) is 24.5 Å². The van der Waals surface area contributed by atoms with Crippen LogP contribution in [0.1, 0.15) is 37.6 Å². The standard InChI is InChI=1S/C17H26N4O3/c1-11-6-12(2)10-20(9-11)15-5-4-14(7-16(15)21(23)24)17(22)19-13(3)8-18/h4-5,7,11-13H,6,8-10,18H2,1-3H3,(H,19,22)/t11?,12?,13-/m0/s1. The van der Waals surface area contributed by atoms with Gasteiger partial charge in [0.15, 0.2) is 0 Å². The van der Waals surface area contributed by atoms with Crippen LogP contribution < -0.4 is 16.0 Å². The average molecular weight is 334 g/mol. The summed E-state index contributed by atoms with van der Waals surface area (Å²) in [6, 6.07) is 4.51. The quantitative estimate of drug-likeness (QED) is 0.634. The van der Waals surface area contributed by atoms with E-state index < -0.39 is 4.92 Å². The molecule has 7 nitrogen and oxygen atoms in total. The lowest BCUT2D eigenvalue weighted by Crippen LogP contribution is -2.39. The SMILES string of the molecule is CC1CC(C)CN(c2ccc(C(=O)N[C@@H](C)CN)cc2[N+](=O)[O-])C1. The Hall–Kier alpha value is -2.15.